The minimum Gasteiger partial charge on any atom is -0.478 e. The lowest BCUT2D eigenvalue weighted by Crippen LogP contribution is -2.35. The zero-order valence-corrected chi connectivity index (χ0v) is 23.6. The fourth-order valence-corrected chi connectivity index (χ4v) is 5.77. The fraction of sp³-hybridized carbons (Fsp3) is 0.406. The van der Waals surface area contributed by atoms with Gasteiger partial charge in [0.15, 0.2) is 0 Å². The summed E-state index contributed by atoms with van der Waals surface area (Å²) in [5.41, 5.74) is 3.46. The van der Waals surface area contributed by atoms with Crippen LogP contribution in [-0.2, 0) is 24.4 Å². The predicted molar refractivity (Wildman–Crippen MR) is 154 cm³/mol. The van der Waals surface area contributed by atoms with Gasteiger partial charge in [-0.1, -0.05) is 24.3 Å². The minimum absolute atomic E-state index is 0.0299. The highest BCUT2D eigenvalue weighted by Gasteiger charge is 2.26. The van der Waals surface area contributed by atoms with Crippen LogP contribution in [0.4, 0.5) is 4.39 Å². The molecule has 2 aliphatic heterocycles. The van der Waals surface area contributed by atoms with E-state index in [1.165, 1.54) is 6.92 Å². The quantitative estimate of drug-likeness (QED) is 0.270. The van der Waals surface area contributed by atoms with Crippen molar-refractivity contribution in [3.05, 3.63) is 88.6 Å². The molecule has 9 nitrogen and oxygen atoms in total. The second-order valence-corrected chi connectivity index (χ2v) is 11.2. The van der Waals surface area contributed by atoms with Crippen LogP contribution >= 0.6 is 0 Å². The van der Waals surface area contributed by atoms with Crippen molar-refractivity contribution < 1.29 is 28.9 Å². The molecule has 4 aromatic rings. The number of ether oxygens (including phenoxy) is 2. The molecule has 2 N–H and O–H groups in total. The number of benzene rings is 2. The molecule has 0 saturated carbocycles. The van der Waals surface area contributed by atoms with Crippen LogP contribution in [0.25, 0.3) is 11.0 Å². The summed E-state index contributed by atoms with van der Waals surface area (Å²) in [4.78, 5) is 23.6. The third-order valence-electron chi connectivity index (χ3n) is 8.30. The van der Waals surface area contributed by atoms with E-state index in [9.17, 15) is 19.4 Å². The molecule has 1 unspecified atom stereocenters. The Morgan fingerprint density at radius 1 is 1.12 bits per heavy atom. The van der Waals surface area contributed by atoms with Gasteiger partial charge in [0.1, 0.15) is 18.2 Å². The molecule has 0 bridgehead atoms. The topological polar surface area (TPSA) is 110 Å². The molecule has 0 spiro atoms. The van der Waals surface area contributed by atoms with Crippen molar-refractivity contribution in [2.45, 2.75) is 64.0 Å². The molecular weight excluding hydrogens is 539 g/mol. The Kier molecular flexibility index (Phi) is 8.19. The van der Waals surface area contributed by atoms with Crippen LogP contribution in [0.1, 0.15) is 71.2 Å². The monoisotopic (exact) mass is 574 g/mol. The van der Waals surface area contributed by atoms with E-state index in [-0.39, 0.29) is 29.8 Å². The van der Waals surface area contributed by atoms with E-state index in [2.05, 4.69) is 9.47 Å². The number of carboxylic acids is 1. The number of carboxylic acid groups (broad SMARTS) is 1. The lowest BCUT2D eigenvalue weighted by Gasteiger charge is -2.32. The predicted octanol–water partition coefficient (Wildman–Crippen LogP) is 5.07. The summed E-state index contributed by atoms with van der Waals surface area (Å²) in [6.45, 7) is 5.41. The van der Waals surface area contributed by atoms with Gasteiger partial charge < -0.3 is 24.3 Å². The SMILES string of the molecule is CC(O)c1cccc(COc2cccc(C3CCN(Cc4nc5ccc(C(=O)O)cc5n4C[C@@H]4CCO4)CC3)n2)c1F. The summed E-state index contributed by atoms with van der Waals surface area (Å²) in [6, 6.07) is 15.7. The van der Waals surface area contributed by atoms with Crippen molar-refractivity contribution in [3.8, 4) is 5.88 Å². The highest BCUT2D eigenvalue weighted by molar-refractivity contribution is 5.92. The number of halogens is 1. The van der Waals surface area contributed by atoms with Crippen molar-refractivity contribution in [1.82, 2.24) is 19.4 Å². The maximum atomic E-state index is 14.7. The molecule has 6 rings (SSSR count). The highest BCUT2D eigenvalue weighted by Crippen LogP contribution is 2.30. The molecule has 42 heavy (non-hydrogen) atoms. The summed E-state index contributed by atoms with van der Waals surface area (Å²) in [5.74, 6) is 0.243. The summed E-state index contributed by atoms with van der Waals surface area (Å²) in [6.07, 6.45) is 2.08. The van der Waals surface area contributed by atoms with E-state index in [1.807, 2.05) is 12.1 Å². The number of likely N-dealkylation sites (tertiary alicyclic amines) is 1. The fourth-order valence-electron chi connectivity index (χ4n) is 5.77. The van der Waals surface area contributed by atoms with E-state index in [1.54, 1.807) is 42.5 Å². The second kappa shape index (κ2) is 12.2. The molecule has 0 radical (unpaired) electrons. The number of carbonyl (C=O) groups is 1. The molecule has 10 heteroatoms. The number of pyridine rings is 1. The van der Waals surface area contributed by atoms with Gasteiger partial charge in [0.05, 0.1) is 41.9 Å². The number of imidazole rings is 1. The molecule has 2 fully saturated rings. The largest absolute Gasteiger partial charge is 0.478 e. The Morgan fingerprint density at radius 2 is 1.90 bits per heavy atom. The number of hydrogen-bond donors (Lipinski definition) is 2. The van der Waals surface area contributed by atoms with Gasteiger partial charge in [0.2, 0.25) is 5.88 Å². The number of fused-ring (bicyclic) bond motifs is 1. The minimum atomic E-state index is -0.950. The molecule has 0 aliphatic carbocycles. The Balaban J connectivity index is 1.10. The lowest BCUT2D eigenvalue weighted by atomic mass is 9.93. The molecule has 4 heterocycles. The molecule has 220 valence electrons. The first kappa shape index (κ1) is 28.3. The Labute approximate surface area is 243 Å². The van der Waals surface area contributed by atoms with Crippen molar-refractivity contribution in [2.75, 3.05) is 19.7 Å². The van der Waals surface area contributed by atoms with Crippen LogP contribution < -0.4 is 4.74 Å². The zero-order valence-electron chi connectivity index (χ0n) is 23.6. The summed E-state index contributed by atoms with van der Waals surface area (Å²) in [7, 11) is 0. The van der Waals surface area contributed by atoms with E-state index in [0.717, 1.165) is 61.5 Å². The van der Waals surface area contributed by atoms with Crippen molar-refractivity contribution in [1.29, 1.82) is 0 Å². The molecule has 2 aromatic heterocycles. The van der Waals surface area contributed by atoms with Gasteiger partial charge in [-0.3, -0.25) is 4.90 Å². The number of nitrogens with zero attached hydrogens (tertiary/aromatic N) is 4. The summed E-state index contributed by atoms with van der Waals surface area (Å²) < 4.78 is 28.4. The number of aromatic carboxylic acids is 1. The Morgan fingerprint density at radius 3 is 2.62 bits per heavy atom. The van der Waals surface area contributed by atoms with E-state index < -0.39 is 17.9 Å². The zero-order chi connectivity index (χ0) is 29.2. The van der Waals surface area contributed by atoms with Gasteiger partial charge in [-0.15, -0.1) is 0 Å². The van der Waals surface area contributed by atoms with Crippen LogP contribution in [0.2, 0.25) is 0 Å². The summed E-state index contributed by atoms with van der Waals surface area (Å²) in [5, 5.41) is 19.3. The maximum Gasteiger partial charge on any atom is 0.335 e. The smallest absolute Gasteiger partial charge is 0.335 e. The molecule has 2 saturated heterocycles. The standard InChI is InChI=1S/C32H35FN4O5/c1-20(38)25-5-2-4-23(31(25)33)19-42-30-7-3-6-26(35-30)21-10-13-36(14-11-21)18-29-34-27-9-8-22(32(39)40)16-28(27)37(29)17-24-12-15-41-24/h2-9,16,20-21,24,38H,10-15,17-19H2,1H3,(H,39,40)/t20?,24-/m0/s1. The van der Waals surface area contributed by atoms with Crippen LogP contribution in [0.15, 0.2) is 54.6 Å². The summed E-state index contributed by atoms with van der Waals surface area (Å²) >= 11 is 0. The molecular formula is C32H35FN4O5. The molecule has 2 atom stereocenters. The highest BCUT2D eigenvalue weighted by atomic mass is 19.1. The van der Waals surface area contributed by atoms with Gasteiger partial charge in [0.25, 0.3) is 0 Å². The van der Waals surface area contributed by atoms with Crippen molar-refractivity contribution in [2.24, 2.45) is 0 Å². The van der Waals surface area contributed by atoms with Gasteiger partial charge in [-0.25, -0.2) is 19.2 Å². The average molecular weight is 575 g/mol. The van der Waals surface area contributed by atoms with E-state index >= 15 is 0 Å². The average Bonchev–Trinajstić information content (AvgIpc) is 3.30. The van der Waals surface area contributed by atoms with Crippen molar-refractivity contribution in [3.63, 3.8) is 0 Å². The van der Waals surface area contributed by atoms with Gasteiger partial charge >= 0.3 is 5.97 Å². The number of hydrogen-bond acceptors (Lipinski definition) is 7. The second-order valence-electron chi connectivity index (χ2n) is 11.2. The first-order valence-electron chi connectivity index (χ1n) is 14.5. The first-order valence-corrected chi connectivity index (χ1v) is 14.5. The van der Waals surface area contributed by atoms with Gasteiger partial charge in [-0.05, 0) is 63.5 Å². The van der Waals surface area contributed by atoms with Crippen LogP contribution in [0, 0.1) is 5.82 Å². The lowest BCUT2D eigenvalue weighted by molar-refractivity contribution is -0.0592. The van der Waals surface area contributed by atoms with E-state index in [0.29, 0.717) is 24.5 Å². The number of aliphatic hydroxyl groups is 1. The molecule has 2 aromatic carbocycles. The number of aromatic nitrogens is 3. The van der Waals surface area contributed by atoms with Crippen LogP contribution in [0.5, 0.6) is 5.88 Å². The normalized spacial score (nSPS) is 18.6. The Hall–Kier alpha value is -3.86. The van der Waals surface area contributed by atoms with Crippen LogP contribution in [-0.4, -0.2) is 61.4 Å². The van der Waals surface area contributed by atoms with Gasteiger partial charge in [0, 0.05) is 35.4 Å². The van der Waals surface area contributed by atoms with Crippen molar-refractivity contribution >= 4 is 17.0 Å². The Bertz CT molecular complexity index is 1580. The number of rotatable bonds is 10. The first-order chi connectivity index (χ1) is 20.4. The maximum absolute atomic E-state index is 14.7. The molecule has 2 aliphatic rings. The number of piperidine rings is 1. The number of aliphatic hydroxyl groups excluding tert-OH is 1. The molecule has 0 amide bonds. The van der Waals surface area contributed by atoms with Crippen LogP contribution in [0.3, 0.4) is 0 Å². The van der Waals surface area contributed by atoms with E-state index in [4.69, 9.17) is 19.4 Å². The third kappa shape index (κ3) is 6.01. The third-order valence-corrected chi connectivity index (χ3v) is 8.30. The van der Waals surface area contributed by atoms with Gasteiger partial charge in [-0.2, -0.15) is 0 Å².